The van der Waals surface area contributed by atoms with Gasteiger partial charge in [0.25, 0.3) is 5.91 Å². The fourth-order valence-electron chi connectivity index (χ4n) is 1.33. The van der Waals surface area contributed by atoms with Crippen LogP contribution in [0.15, 0.2) is 18.3 Å². The number of aryl methyl sites for hydroxylation is 1. The number of carbonyl (C=O) groups excluding carboxylic acids is 1. The van der Waals surface area contributed by atoms with Crippen molar-refractivity contribution in [1.82, 2.24) is 10.3 Å². The van der Waals surface area contributed by atoms with Crippen molar-refractivity contribution in [2.45, 2.75) is 13.3 Å². The molecule has 0 aliphatic rings. The molecule has 0 bridgehead atoms. The molecule has 0 saturated heterocycles. The quantitative estimate of drug-likeness (QED) is 0.679. The van der Waals surface area contributed by atoms with Gasteiger partial charge in [-0.2, -0.15) is 0 Å². The number of carbonyl (C=O) groups is 1. The molecule has 1 amide bonds. The Balaban J connectivity index is 2.21. The van der Waals surface area contributed by atoms with Gasteiger partial charge in [-0.15, -0.1) is 0 Å². The summed E-state index contributed by atoms with van der Waals surface area (Å²) in [6, 6.07) is 3.43. The fraction of sp³-hybridized carbons (Fsp3) is 0.500. The standard InChI is InChI=1S/C12H18N2O3/c1-10-9-11(3-5-13-10)12(16)14-4-2-7-17-8-6-15/h3,5,9,15H,2,4,6-8H2,1H3,(H,14,16). The molecule has 1 aromatic heterocycles. The number of nitrogens with one attached hydrogen (secondary N) is 1. The van der Waals surface area contributed by atoms with E-state index >= 15 is 0 Å². The number of nitrogens with zero attached hydrogens (tertiary/aromatic N) is 1. The van der Waals surface area contributed by atoms with E-state index in [1.165, 1.54) is 0 Å². The van der Waals surface area contributed by atoms with Gasteiger partial charge in [0.05, 0.1) is 13.2 Å². The maximum absolute atomic E-state index is 11.7. The second-order valence-electron chi connectivity index (χ2n) is 3.63. The summed E-state index contributed by atoms with van der Waals surface area (Å²) in [6.45, 7) is 3.32. The SMILES string of the molecule is Cc1cc(C(=O)NCCCOCCO)ccn1. The Morgan fingerprint density at radius 3 is 3.06 bits per heavy atom. The monoisotopic (exact) mass is 238 g/mol. The molecule has 0 aliphatic carbocycles. The summed E-state index contributed by atoms with van der Waals surface area (Å²) in [7, 11) is 0. The summed E-state index contributed by atoms with van der Waals surface area (Å²) >= 11 is 0. The van der Waals surface area contributed by atoms with E-state index in [9.17, 15) is 4.79 Å². The molecule has 5 heteroatoms. The van der Waals surface area contributed by atoms with Crippen molar-refractivity contribution in [3.63, 3.8) is 0 Å². The summed E-state index contributed by atoms with van der Waals surface area (Å²) < 4.78 is 5.08. The number of ether oxygens (including phenoxy) is 1. The van der Waals surface area contributed by atoms with Gasteiger partial charge in [-0.05, 0) is 25.5 Å². The fourth-order valence-corrected chi connectivity index (χ4v) is 1.33. The summed E-state index contributed by atoms with van der Waals surface area (Å²) in [5.41, 5.74) is 1.44. The zero-order valence-corrected chi connectivity index (χ0v) is 9.98. The molecule has 0 aromatic carbocycles. The Bertz CT molecular complexity index is 355. The van der Waals surface area contributed by atoms with Crippen LogP contribution in [0.25, 0.3) is 0 Å². The third kappa shape index (κ3) is 5.42. The number of hydrogen-bond donors (Lipinski definition) is 2. The molecule has 0 saturated carbocycles. The van der Waals surface area contributed by atoms with E-state index in [-0.39, 0.29) is 12.5 Å². The van der Waals surface area contributed by atoms with Gasteiger partial charge in [-0.3, -0.25) is 9.78 Å². The lowest BCUT2D eigenvalue weighted by Crippen LogP contribution is -2.25. The first-order valence-electron chi connectivity index (χ1n) is 5.63. The number of hydrogen-bond acceptors (Lipinski definition) is 4. The van der Waals surface area contributed by atoms with Crippen LogP contribution in [0, 0.1) is 6.92 Å². The van der Waals surface area contributed by atoms with Crippen LogP contribution in [0.5, 0.6) is 0 Å². The first-order chi connectivity index (χ1) is 8.24. The predicted octanol–water partition coefficient (Wildman–Crippen LogP) is 0.519. The van der Waals surface area contributed by atoms with Crippen LogP contribution in [0.1, 0.15) is 22.5 Å². The number of aromatic nitrogens is 1. The van der Waals surface area contributed by atoms with Crippen molar-refractivity contribution in [2.24, 2.45) is 0 Å². The minimum absolute atomic E-state index is 0.0304. The summed E-state index contributed by atoms with van der Waals surface area (Å²) in [5.74, 6) is -0.0994. The highest BCUT2D eigenvalue weighted by atomic mass is 16.5. The van der Waals surface area contributed by atoms with Crippen LogP contribution in [-0.2, 0) is 4.74 Å². The van der Waals surface area contributed by atoms with E-state index in [0.29, 0.717) is 25.3 Å². The molecule has 2 N–H and O–H groups in total. The Morgan fingerprint density at radius 2 is 2.35 bits per heavy atom. The van der Waals surface area contributed by atoms with E-state index in [4.69, 9.17) is 9.84 Å². The van der Waals surface area contributed by atoms with Crippen LogP contribution in [0.2, 0.25) is 0 Å². The number of rotatable bonds is 7. The van der Waals surface area contributed by atoms with E-state index in [0.717, 1.165) is 12.1 Å². The van der Waals surface area contributed by atoms with Crippen molar-refractivity contribution < 1.29 is 14.6 Å². The van der Waals surface area contributed by atoms with Crippen molar-refractivity contribution >= 4 is 5.91 Å². The number of aliphatic hydroxyl groups excluding tert-OH is 1. The lowest BCUT2D eigenvalue weighted by atomic mass is 10.2. The third-order valence-corrected chi connectivity index (χ3v) is 2.15. The number of pyridine rings is 1. The second kappa shape index (κ2) is 7.76. The number of aliphatic hydroxyl groups is 1. The molecule has 0 spiro atoms. The normalized spacial score (nSPS) is 10.2. The van der Waals surface area contributed by atoms with E-state index in [1.807, 2.05) is 6.92 Å². The van der Waals surface area contributed by atoms with Gasteiger partial charge in [-0.1, -0.05) is 0 Å². The minimum Gasteiger partial charge on any atom is -0.394 e. The van der Waals surface area contributed by atoms with Crippen molar-refractivity contribution in [2.75, 3.05) is 26.4 Å². The molecule has 0 atom stereocenters. The van der Waals surface area contributed by atoms with Gasteiger partial charge in [0, 0.05) is 30.6 Å². The summed E-state index contributed by atoms with van der Waals surface area (Å²) in [6.07, 6.45) is 2.35. The molecule has 1 aromatic rings. The zero-order valence-electron chi connectivity index (χ0n) is 9.98. The van der Waals surface area contributed by atoms with Crippen LogP contribution in [-0.4, -0.2) is 42.4 Å². The summed E-state index contributed by atoms with van der Waals surface area (Å²) in [4.78, 5) is 15.7. The maximum atomic E-state index is 11.7. The molecule has 0 fully saturated rings. The smallest absolute Gasteiger partial charge is 0.251 e. The molecule has 1 rings (SSSR count). The first kappa shape index (κ1) is 13.6. The Hall–Kier alpha value is -1.46. The second-order valence-corrected chi connectivity index (χ2v) is 3.63. The van der Waals surface area contributed by atoms with Crippen LogP contribution >= 0.6 is 0 Å². The topological polar surface area (TPSA) is 71.5 Å². The van der Waals surface area contributed by atoms with Crippen LogP contribution < -0.4 is 5.32 Å². The van der Waals surface area contributed by atoms with Gasteiger partial charge in [-0.25, -0.2) is 0 Å². The molecule has 5 nitrogen and oxygen atoms in total. The molecule has 0 aliphatic heterocycles. The Labute approximate surface area is 101 Å². The van der Waals surface area contributed by atoms with Gasteiger partial charge in [0.1, 0.15) is 0 Å². The molecule has 17 heavy (non-hydrogen) atoms. The predicted molar refractivity (Wildman–Crippen MR) is 63.8 cm³/mol. The lowest BCUT2D eigenvalue weighted by molar-refractivity contribution is 0.0867. The molecular formula is C12H18N2O3. The van der Waals surface area contributed by atoms with Gasteiger partial charge < -0.3 is 15.2 Å². The highest BCUT2D eigenvalue weighted by Gasteiger charge is 2.04. The average Bonchev–Trinajstić information content (AvgIpc) is 2.33. The summed E-state index contributed by atoms with van der Waals surface area (Å²) in [5, 5.41) is 11.3. The lowest BCUT2D eigenvalue weighted by Gasteiger charge is -2.05. The van der Waals surface area contributed by atoms with Gasteiger partial charge >= 0.3 is 0 Å². The highest BCUT2D eigenvalue weighted by molar-refractivity contribution is 5.94. The van der Waals surface area contributed by atoms with E-state index in [2.05, 4.69) is 10.3 Å². The first-order valence-corrected chi connectivity index (χ1v) is 5.63. The Kier molecular flexibility index (Phi) is 6.21. The third-order valence-electron chi connectivity index (χ3n) is 2.15. The van der Waals surface area contributed by atoms with Gasteiger partial charge in [0.15, 0.2) is 0 Å². The van der Waals surface area contributed by atoms with E-state index in [1.54, 1.807) is 18.3 Å². The van der Waals surface area contributed by atoms with Gasteiger partial charge in [0.2, 0.25) is 0 Å². The molecule has 0 unspecified atom stereocenters. The average molecular weight is 238 g/mol. The molecule has 0 radical (unpaired) electrons. The molecule has 94 valence electrons. The zero-order chi connectivity index (χ0) is 12.5. The van der Waals surface area contributed by atoms with E-state index < -0.39 is 0 Å². The van der Waals surface area contributed by atoms with Crippen molar-refractivity contribution in [3.8, 4) is 0 Å². The molecular weight excluding hydrogens is 220 g/mol. The largest absolute Gasteiger partial charge is 0.394 e. The van der Waals surface area contributed by atoms with Crippen molar-refractivity contribution in [3.05, 3.63) is 29.6 Å². The Morgan fingerprint density at radius 1 is 1.53 bits per heavy atom. The maximum Gasteiger partial charge on any atom is 0.251 e. The van der Waals surface area contributed by atoms with Crippen LogP contribution in [0.4, 0.5) is 0 Å². The molecule has 1 heterocycles. The van der Waals surface area contributed by atoms with Crippen LogP contribution in [0.3, 0.4) is 0 Å². The van der Waals surface area contributed by atoms with Crippen molar-refractivity contribution in [1.29, 1.82) is 0 Å². The highest BCUT2D eigenvalue weighted by Crippen LogP contribution is 2.00. The minimum atomic E-state index is -0.0994. The number of amides is 1.